The fourth-order valence-corrected chi connectivity index (χ4v) is 2.06. The van der Waals surface area contributed by atoms with Gasteiger partial charge in [0, 0.05) is 6.04 Å². The van der Waals surface area contributed by atoms with Gasteiger partial charge in [-0.1, -0.05) is 31.5 Å². The average Bonchev–Trinajstić information content (AvgIpc) is 2.82. The van der Waals surface area contributed by atoms with E-state index in [1.165, 1.54) is 4.80 Å². The zero-order chi connectivity index (χ0) is 14.5. The molecule has 0 bridgehead atoms. The quantitative estimate of drug-likeness (QED) is 0.909. The summed E-state index contributed by atoms with van der Waals surface area (Å²) in [5.74, 6) is -0.161. The smallest absolute Gasteiger partial charge is 0.273 e. The summed E-state index contributed by atoms with van der Waals surface area (Å²) in [7, 11) is 0. The zero-order valence-corrected chi connectivity index (χ0v) is 12.1. The third-order valence-electron chi connectivity index (χ3n) is 3.08. The summed E-state index contributed by atoms with van der Waals surface area (Å²) in [5, 5.41) is 11.5. The van der Waals surface area contributed by atoms with Crippen LogP contribution in [0.4, 0.5) is 0 Å². The van der Waals surface area contributed by atoms with Gasteiger partial charge in [0.25, 0.3) is 5.91 Å². The number of nitrogens with one attached hydrogen (secondary N) is 1. The molecule has 20 heavy (non-hydrogen) atoms. The number of amides is 1. The Kier molecular flexibility index (Phi) is 4.50. The summed E-state index contributed by atoms with van der Waals surface area (Å²) in [5.41, 5.74) is 1.86. The molecule has 0 spiro atoms. The molecule has 106 valence electrons. The van der Waals surface area contributed by atoms with Gasteiger partial charge in [-0.3, -0.25) is 4.79 Å². The maximum atomic E-state index is 12.2. The number of aryl methyl sites for hydroxylation is 1. The molecular weight excluding hydrogens is 252 g/mol. The number of hydrogen-bond donors (Lipinski definition) is 1. The molecule has 0 saturated heterocycles. The number of carbonyl (C=O) groups excluding carboxylic acids is 1. The topological polar surface area (TPSA) is 59.8 Å². The molecule has 5 heteroatoms. The van der Waals surface area contributed by atoms with E-state index in [1.54, 1.807) is 6.92 Å². The Labute approximate surface area is 119 Å². The van der Waals surface area contributed by atoms with Crippen molar-refractivity contribution in [3.8, 4) is 5.69 Å². The molecule has 0 aliphatic heterocycles. The van der Waals surface area contributed by atoms with Gasteiger partial charge in [0.1, 0.15) is 0 Å². The molecule has 2 aromatic rings. The van der Waals surface area contributed by atoms with Crippen LogP contribution in [0.1, 0.15) is 42.9 Å². The molecule has 2 rings (SSSR count). The van der Waals surface area contributed by atoms with Crippen LogP contribution in [0, 0.1) is 6.92 Å². The van der Waals surface area contributed by atoms with Crippen LogP contribution in [-0.2, 0) is 0 Å². The van der Waals surface area contributed by atoms with Gasteiger partial charge < -0.3 is 5.32 Å². The van der Waals surface area contributed by atoms with Gasteiger partial charge in [-0.05, 0) is 32.4 Å². The zero-order valence-electron chi connectivity index (χ0n) is 12.1. The molecule has 0 saturated carbocycles. The maximum absolute atomic E-state index is 12.2. The molecule has 0 fully saturated rings. The van der Waals surface area contributed by atoms with Crippen molar-refractivity contribution in [2.75, 3.05) is 0 Å². The number of carbonyl (C=O) groups is 1. The maximum Gasteiger partial charge on any atom is 0.273 e. The normalized spacial score (nSPS) is 12.2. The van der Waals surface area contributed by atoms with Crippen molar-refractivity contribution in [2.24, 2.45) is 0 Å². The number of benzene rings is 1. The second-order valence-electron chi connectivity index (χ2n) is 4.92. The first-order valence-electron chi connectivity index (χ1n) is 6.92. The van der Waals surface area contributed by atoms with Crippen molar-refractivity contribution >= 4 is 5.91 Å². The van der Waals surface area contributed by atoms with E-state index in [2.05, 4.69) is 22.4 Å². The highest BCUT2D eigenvalue weighted by molar-refractivity contribution is 5.93. The fraction of sp³-hybridized carbons (Fsp3) is 0.400. The number of hydrogen-bond acceptors (Lipinski definition) is 3. The van der Waals surface area contributed by atoms with Crippen molar-refractivity contribution in [3.05, 3.63) is 41.7 Å². The predicted molar refractivity (Wildman–Crippen MR) is 77.9 cm³/mol. The first-order chi connectivity index (χ1) is 9.61. The summed E-state index contributed by atoms with van der Waals surface area (Å²) >= 11 is 0. The van der Waals surface area contributed by atoms with Crippen LogP contribution >= 0.6 is 0 Å². The lowest BCUT2D eigenvalue weighted by atomic mass is 10.2. The van der Waals surface area contributed by atoms with Crippen molar-refractivity contribution in [1.29, 1.82) is 0 Å². The van der Waals surface area contributed by atoms with Crippen LogP contribution < -0.4 is 5.32 Å². The number of rotatable bonds is 5. The van der Waals surface area contributed by atoms with E-state index >= 15 is 0 Å². The van der Waals surface area contributed by atoms with E-state index in [1.807, 2.05) is 37.3 Å². The summed E-state index contributed by atoms with van der Waals surface area (Å²) in [6, 6.07) is 9.71. The molecule has 1 N–H and O–H groups in total. The minimum absolute atomic E-state index is 0.147. The van der Waals surface area contributed by atoms with Crippen LogP contribution in [0.25, 0.3) is 5.69 Å². The molecule has 0 radical (unpaired) electrons. The van der Waals surface area contributed by atoms with Crippen LogP contribution in [0.15, 0.2) is 30.3 Å². The third-order valence-corrected chi connectivity index (χ3v) is 3.08. The molecule has 0 unspecified atom stereocenters. The highest BCUT2D eigenvalue weighted by Gasteiger charge is 2.17. The molecule has 5 nitrogen and oxygen atoms in total. The summed E-state index contributed by atoms with van der Waals surface area (Å²) in [6.45, 7) is 5.89. The highest BCUT2D eigenvalue weighted by atomic mass is 16.2. The van der Waals surface area contributed by atoms with Crippen LogP contribution in [0.5, 0.6) is 0 Å². The molecule has 0 aliphatic carbocycles. The molecule has 1 atom stereocenters. The SMILES string of the molecule is CCC[C@@H](C)NC(=O)c1nn(-c2ccccc2)nc1C. The summed E-state index contributed by atoms with van der Waals surface area (Å²) < 4.78 is 0. The first-order valence-corrected chi connectivity index (χ1v) is 6.92. The lowest BCUT2D eigenvalue weighted by Crippen LogP contribution is -2.33. The van der Waals surface area contributed by atoms with Gasteiger partial charge in [0.15, 0.2) is 5.69 Å². The molecular formula is C15H20N4O. The van der Waals surface area contributed by atoms with Crippen LogP contribution in [0.2, 0.25) is 0 Å². The van der Waals surface area contributed by atoms with E-state index in [4.69, 9.17) is 0 Å². The minimum atomic E-state index is -0.161. The van der Waals surface area contributed by atoms with Crippen molar-refractivity contribution in [2.45, 2.75) is 39.7 Å². The highest BCUT2D eigenvalue weighted by Crippen LogP contribution is 2.08. The van der Waals surface area contributed by atoms with E-state index in [0.717, 1.165) is 18.5 Å². The van der Waals surface area contributed by atoms with E-state index < -0.39 is 0 Å². The second kappa shape index (κ2) is 6.32. The molecule has 1 aromatic carbocycles. The fourth-order valence-electron chi connectivity index (χ4n) is 2.06. The van der Waals surface area contributed by atoms with Gasteiger partial charge in [-0.2, -0.15) is 9.90 Å². The van der Waals surface area contributed by atoms with Crippen molar-refractivity contribution in [3.63, 3.8) is 0 Å². The van der Waals surface area contributed by atoms with Gasteiger partial charge in [0.05, 0.1) is 11.4 Å². The Morgan fingerprint density at radius 1 is 1.30 bits per heavy atom. The largest absolute Gasteiger partial charge is 0.348 e. The Bertz CT molecular complexity index is 577. The standard InChI is InChI=1S/C15H20N4O/c1-4-8-11(2)16-15(20)14-12(3)17-19(18-14)13-9-6-5-7-10-13/h5-7,9-11H,4,8H2,1-3H3,(H,16,20)/t11-/m1/s1. The third kappa shape index (κ3) is 3.23. The van der Waals surface area contributed by atoms with Crippen LogP contribution in [0.3, 0.4) is 0 Å². The second-order valence-corrected chi connectivity index (χ2v) is 4.92. The Balaban J connectivity index is 2.17. The number of aromatic nitrogens is 3. The lowest BCUT2D eigenvalue weighted by Gasteiger charge is -2.11. The number of nitrogens with zero attached hydrogens (tertiary/aromatic N) is 3. The monoisotopic (exact) mass is 272 g/mol. The Morgan fingerprint density at radius 2 is 2.00 bits per heavy atom. The van der Waals surface area contributed by atoms with E-state index in [0.29, 0.717) is 11.4 Å². The van der Waals surface area contributed by atoms with Gasteiger partial charge in [0.2, 0.25) is 0 Å². The lowest BCUT2D eigenvalue weighted by molar-refractivity contribution is 0.0932. The molecule has 1 aromatic heterocycles. The average molecular weight is 272 g/mol. The summed E-state index contributed by atoms with van der Waals surface area (Å²) in [4.78, 5) is 13.7. The molecule has 0 aliphatic rings. The van der Waals surface area contributed by atoms with E-state index in [-0.39, 0.29) is 11.9 Å². The van der Waals surface area contributed by atoms with Crippen molar-refractivity contribution in [1.82, 2.24) is 20.3 Å². The molecule has 1 amide bonds. The van der Waals surface area contributed by atoms with Gasteiger partial charge >= 0.3 is 0 Å². The molecule has 1 heterocycles. The Morgan fingerprint density at radius 3 is 2.65 bits per heavy atom. The van der Waals surface area contributed by atoms with Crippen LogP contribution in [-0.4, -0.2) is 26.9 Å². The Hall–Kier alpha value is -2.17. The van der Waals surface area contributed by atoms with Crippen molar-refractivity contribution < 1.29 is 4.79 Å². The van der Waals surface area contributed by atoms with Gasteiger partial charge in [-0.15, -0.1) is 5.10 Å². The predicted octanol–water partition coefficient (Wildman–Crippen LogP) is 2.49. The van der Waals surface area contributed by atoms with Gasteiger partial charge in [-0.25, -0.2) is 0 Å². The minimum Gasteiger partial charge on any atom is -0.348 e. The number of para-hydroxylation sites is 1. The first kappa shape index (κ1) is 14.2. The summed E-state index contributed by atoms with van der Waals surface area (Å²) in [6.07, 6.45) is 1.99. The van der Waals surface area contributed by atoms with E-state index in [9.17, 15) is 4.79 Å².